The molecule has 1 saturated heterocycles. The summed E-state index contributed by atoms with van der Waals surface area (Å²) >= 11 is 0. The highest BCUT2D eigenvalue weighted by atomic mass is 16.8. The van der Waals surface area contributed by atoms with Crippen LogP contribution in [-0.4, -0.2) is 33.7 Å². The number of unbranched alkanes of at least 4 members (excludes halogenated alkanes) is 1. The molecule has 2 aromatic heterocycles. The van der Waals surface area contributed by atoms with Crippen molar-refractivity contribution in [3.8, 4) is 0 Å². The van der Waals surface area contributed by atoms with Gasteiger partial charge >= 0.3 is 0 Å². The molecular formula is C29H32N2O3. The second-order valence-corrected chi connectivity index (χ2v) is 9.09. The monoisotopic (exact) mass is 456 g/mol. The van der Waals surface area contributed by atoms with E-state index in [0.717, 1.165) is 36.2 Å². The number of aliphatic hydroxyl groups is 1. The number of epoxide rings is 1. The summed E-state index contributed by atoms with van der Waals surface area (Å²) in [7, 11) is 0. The molecule has 5 rings (SSSR count). The summed E-state index contributed by atoms with van der Waals surface area (Å²) in [4.78, 5) is 4.52. The molecule has 3 heterocycles. The predicted octanol–water partition coefficient (Wildman–Crippen LogP) is 5.44. The molecule has 0 spiro atoms. The Morgan fingerprint density at radius 1 is 1.09 bits per heavy atom. The maximum absolute atomic E-state index is 10.7. The highest BCUT2D eigenvalue weighted by Gasteiger charge is 2.41. The number of rotatable bonds is 11. The fourth-order valence-electron chi connectivity index (χ4n) is 4.56. The number of hydrogen-bond donors (Lipinski definition) is 1. The summed E-state index contributed by atoms with van der Waals surface area (Å²) in [6.45, 7) is 3.23. The third kappa shape index (κ3) is 5.39. The molecule has 0 aliphatic carbocycles. The molecule has 0 saturated carbocycles. The molecule has 2 aromatic carbocycles. The van der Waals surface area contributed by atoms with Gasteiger partial charge in [-0.3, -0.25) is 4.98 Å². The molecule has 3 atom stereocenters. The number of fused-ring (bicyclic) bond motifs is 1. The van der Waals surface area contributed by atoms with Gasteiger partial charge in [-0.05, 0) is 47.7 Å². The lowest BCUT2D eigenvalue weighted by atomic mass is 10.1. The third-order valence-electron chi connectivity index (χ3n) is 6.38. The maximum atomic E-state index is 10.7. The number of benzene rings is 2. The van der Waals surface area contributed by atoms with Crippen molar-refractivity contribution in [2.45, 2.75) is 57.6 Å². The number of pyridine rings is 1. The van der Waals surface area contributed by atoms with Gasteiger partial charge in [0, 0.05) is 42.0 Å². The molecule has 1 N–H and O–H groups in total. The van der Waals surface area contributed by atoms with Gasteiger partial charge in [0.15, 0.2) is 6.29 Å². The molecule has 5 nitrogen and oxygen atoms in total. The van der Waals surface area contributed by atoms with E-state index in [1.807, 2.05) is 36.5 Å². The number of aromatic nitrogens is 2. The van der Waals surface area contributed by atoms with Crippen LogP contribution in [0.25, 0.3) is 10.9 Å². The minimum atomic E-state index is -0.596. The van der Waals surface area contributed by atoms with Crippen LogP contribution in [0.3, 0.4) is 0 Å². The second-order valence-electron chi connectivity index (χ2n) is 9.09. The number of nitrogens with zero attached hydrogens (tertiary/aromatic N) is 2. The first kappa shape index (κ1) is 22.8. The minimum Gasteiger partial charge on any atom is -0.390 e. The quantitative estimate of drug-likeness (QED) is 0.305. The standard InChI is InChI=1S/C29H32N2O3/c1-2-3-11-24-16-21(14-15-30-24)18-31-19-23(26-12-7-8-13-27(26)31)17-25(32)20-33-29-28(34-29)22-9-5-4-6-10-22/h4-10,12-16,19,25,28-29,32H,2-3,11,17-18,20H2,1H3. The molecular weight excluding hydrogens is 424 g/mol. The van der Waals surface area contributed by atoms with E-state index in [1.165, 1.54) is 22.9 Å². The van der Waals surface area contributed by atoms with E-state index in [4.69, 9.17) is 9.47 Å². The van der Waals surface area contributed by atoms with Crippen LogP contribution in [0.4, 0.5) is 0 Å². The second kappa shape index (κ2) is 10.5. The van der Waals surface area contributed by atoms with E-state index >= 15 is 0 Å². The van der Waals surface area contributed by atoms with Gasteiger partial charge in [0.2, 0.25) is 0 Å². The van der Waals surface area contributed by atoms with Crippen molar-refractivity contribution in [2.75, 3.05) is 6.61 Å². The van der Waals surface area contributed by atoms with Gasteiger partial charge in [0.25, 0.3) is 0 Å². The Labute approximate surface area is 201 Å². The first-order valence-corrected chi connectivity index (χ1v) is 12.2. The number of hydrogen-bond acceptors (Lipinski definition) is 4. The molecule has 34 heavy (non-hydrogen) atoms. The molecule has 0 amide bonds. The van der Waals surface area contributed by atoms with Crippen molar-refractivity contribution >= 4 is 10.9 Å². The number of ether oxygens (including phenoxy) is 2. The van der Waals surface area contributed by atoms with Crippen molar-refractivity contribution in [2.24, 2.45) is 0 Å². The van der Waals surface area contributed by atoms with Crippen LogP contribution in [0.15, 0.2) is 79.1 Å². The summed E-state index contributed by atoms with van der Waals surface area (Å²) in [5.41, 5.74) is 5.81. The fourth-order valence-corrected chi connectivity index (χ4v) is 4.56. The zero-order chi connectivity index (χ0) is 23.3. The minimum absolute atomic E-state index is 0.0297. The molecule has 176 valence electrons. The average Bonchev–Trinajstić information content (AvgIpc) is 3.58. The van der Waals surface area contributed by atoms with E-state index in [1.54, 1.807) is 0 Å². The molecule has 5 heteroatoms. The van der Waals surface area contributed by atoms with Gasteiger partial charge in [-0.15, -0.1) is 0 Å². The highest BCUT2D eigenvalue weighted by Crippen LogP contribution is 2.39. The Morgan fingerprint density at radius 2 is 1.91 bits per heavy atom. The van der Waals surface area contributed by atoms with Crippen molar-refractivity contribution in [1.29, 1.82) is 0 Å². The van der Waals surface area contributed by atoms with Crippen LogP contribution in [0, 0.1) is 0 Å². The van der Waals surface area contributed by atoms with Crippen LogP contribution < -0.4 is 0 Å². The summed E-state index contributed by atoms with van der Waals surface area (Å²) in [5.74, 6) is 0. The third-order valence-corrected chi connectivity index (χ3v) is 6.38. The van der Waals surface area contributed by atoms with E-state index in [9.17, 15) is 5.11 Å². The molecule has 4 aromatic rings. The lowest BCUT2D eigenvalue weighted by Gasteiger charge is -2.09. The Bertz CT molecular complexity index is 1220. The lowest BCUT2D eigenvalue weighted by Crippen LogP contribution is -2.19. The largest absolute Gasteiger partial charge is 0.390 e. The topological polar surface area (TPSA) is 59.8 Å². The average molecular weight is 457 g/mol. The summed E-state index contributed by atoms with van der Waals surface area (Å²) < 4.78 is 13.7. The lowest BCUT2D eigenvalue weighted by molar-refractivity contribution is -0.00831. The maximum Gasteiger partial charge on any atom is 0.189 e. The van der Waals surface area contributed by atoms with E-state index in [2.05, 4.69) is 59.1 Å². The molecule has 1 aliphatic rings. The SMILES string of the molecule is CCCCc1cc(Cn2cc(CC(O)COC3OC3c3ccccc3)c3ccccc32)ccn1. The van der Waals surface area contributed by atoms with Crippen molar-refractivity contribution in [1.82, 2.24) is 9.55 Å². The van der Waals surface area contributed by atoms with Crippen molar-refractivity contribution in [3.63, 3.8) is 0 Å². The molecule has 0 radical (unpaired) electrons. The first-order valence-electron chi connectivity index (χ1n) is 12.2. The van der Waals surface area contributed by atoms with E-state index in [0.29, 0.717) is 6.42 Å². The normalized spacial score (nSPS) is 18.3. The zero-order valence-corrected chi connectivity index (χ0v) is 19.6. The van der Waals surface area contributed by atoms with Crippen LogP contribution in [0.5, 0.6) is 0 Å². The number of aryl methyl sites for hydroxylation is 1. The molecule has 1 fully saturated rings. The van der Waals surface area contributed by atoms with E-state index in [-0.39, 0.29) is 19.0 Å². The fraction of sp³-hybridized carbons (Fsp3) is 0.345. The molecule has 3 unspecified atom stereocenters. The van der Waals surface area contributed by atoms with E-state index < -0.39 is 6.10 Å². The van der Waals surface area contributed by atoms with Gasteiger partial charge in [-0.2, -0.15) is 0 Å². The van der Waals surface area contributed by atoms with Crippen LogP contribution >= 0.6 is 0 Å². The van der Waals surface area contributed by atoms with Gasteiger partial charge in [-0.25, -0.2) is 0 Å². The Hall–Kier alpha value is -2.99. The smallest absolute Gasteiger partial charge is 0.189 e. The van der Waals surface area contributed by atoms with Crippen LogP contribution in [-0.2, 0) is 28.9 Å². The Kier molecular flexibility index (Phi) is 7.05. The Balaban J connectivity index is 1.24. The number of para-hydroxylation sites is 1. The molecule has 1 aliphatic heterocycles. The Morgan fingerprint density at radius 3 is 2.76 bits per heavy atom. The van der Waals surface area contributed by atoms with Crippen LogP contribution in [0.1, 0.15) is 48.3 Å². The summed E-state index contributed by atoms with van der Waals surface area (Å²) in [6.07, 6.45) is 7.07. The first-order chi connectivity index (χ1) is 16.7. The highest BCUT2D eigenvalue weighted by molar-refractivity contribution is 5.84. The summed E-state index contributed by atoms with van der Waals surface area (Å²) in [6, 6.07) is 22.7. The summed E-state index contributed by atoms with van der Waals surface area (Å²) in [5, 5.41) is 11.9. The number of aliphatic hydroxyl groups excluding tert-OH is 1. The predicted molar refractivity (Wildman–Crippen MR) is 134 cm³/mol. The van der Waals surface area contributed by atoms with Gasteiger partial charge in [0.05, 0.1) is 12.7 Å². The van der Waals surface area contributed by atoms with Crippen molar-refractivity contribution < 1.29 is 14.6 Å². The van der Waals surface area contributed by atoms with Gasteiger partial charge in [-0.1, -0.05) is 61.9 Å². The van der Waals surface area contributed by atoms with Gasteiger partial charge < -0.3 is 19.1 Å². The van der Waals surface area contributed by atoms with Crippen LogP contribution in [0.2, 0.25) is 0 Å². The van der Waals surface area contributed by atoms with Crippen molar-refractivity contribution in [3.05, 3.63) is 102 Å². The zero-order valence-electron chi connectivity index (χ0n) is 19.6. The van der Waals surface area contributed by atoms with Gasteiger partial charge in [0.1, 0.15) is 6.10 Å². The molecule has 0 bridgehead atoms.